The van der Waals surface area contributed by atoms with E-state index in [1.54, 1.807) is 6.20 Å². The first kappa shape index (κ1) is 23.8. The van der Waals surface area contributed by atoms with E-state index in [0.29, 0.717) is 31.2 Å². The van der Waals surface area contributed by atoms with Crippen LogP contribution in [0.5, 0.6) is 0 Å². The van der Waals surface area contributed by atoms with Gasteiger partial charge < -0.3 is 16.0 Å². The van der Waals surface area contributed by atoms with E-state index in [9.17, 15) is 9.59 Å². The summed E-state index contributed by atoms with van der Waals surface area (Å²) < 4.78 is 2.05. The smallest absolute Gasteiger partial charge is 0.225 e. The highest BCUT2D eigenvalue weighted by Gasteiger charge is 2.36. The predicted molar refractivity (Wildman–Crippen MR) is 148 cm³/mol. The normalized spacial score (nSPS) is 20.7. The number of carbonyl (C=O) groups is 2. The molecule has 1 aliphatic heterocycles. The van der Waals surface area contributed by atoms with Gasteiger partial charge in [0.15, 0.2) is 0 Å². The summed E-state index contributed by atoms with van der Waals surface area (Å²) in [6, 6.07) is 16.5. The molecule has 2 aromatic heterocycles. The van der Waals surface area contributed by atoms with Gasteiger partial charge in [-0.2, -0.15) is 4.98 Å². The number of hydrogen-bond acceptors (Lipinski definition) is 6. The van der Waals surface area contributed by atoms with Crippen molar-refractivity contribution in [2.75, 3.05) is 18.4 Å². The van der Waals surface area contributed by atoms with Crippen molar-refractivity contribution in [3.8, 4) is 17.2 Å². The Bertz CT molecular complexity index is 1590. The molecule has 4 aromatic rings. The van der Waals surface area contributed by atoms with Gasteiger partial charge in [-0.3, -0.25) is 14.2 Å². The summed E-state index contributed by atoms with van der Waals surface area (Å²) in [5, 5.41) is 5.78. The molecule has 7 rings (SSSR count). The van der Waals surface area contributed by atoms with Gasteiger partial charge in [-0.1, -0.05) is 36.4 Å². The zero-order chi connectivity index (χ0) is 26.5. The fourth-order valence-electron chi connectivity index (χ4n) is 5.99. The molecule has 9 nitrogen and oxygen atoms in total. The van der Waals surface area contributed by atoms with E-state index < -0.39 is 0 Å². The van der Waals surface area contributed by atoms with Crippen LogP contribution in [-0.2, 0) is 22.4 Å². The van der Waals surface area contributed by atoms with Crippen LogP contribution < -0.4 is 11.1 Å². The number of primary amides is 1. The lowest BCUT2D eigenvalue weighted by Crippen LogP contribution is -2.45. The Labute approximate surface area is 226 Å². The summed E-state index contributed by atoms with van der Waals surface area (Å²) in [6.45, 7) is 1.50. The zero-order valence-corrected chi connectivity index (χ0v) is 21.7. The first-order chi connectivity index (χ1) is 19.0. The van der Waals surface area contributed by atoms with E-state index >= 15 is 0 Å². The molecule has 0 radical (unpaired) electrons. The molecule has 1 unspecified atom stereocenters. The van der Waals surface area contributed by atoms with Crippen molar-refractivity contribution in [2.45, 2.75) is 44.6 Å². The largest absolute Gasteiger partial charge is 0.369 e. The van der Waals surface area contributed by atoms with Gasteiger partial charge in [0, 0.05) is 61.3 Å². The highest BCUT2D eigenvalue weighted by molar-refractivity contribution is 5.87. The van der Waals surface area contributed by atoms with Gasteiger partial charge in [0.2, 0.25) is 17.8 Å². The predicted octanol–water partition coefficient (Wildman–Crippen LogP) is 3.50. The van der Waals surface area contributed by atoms with Crippen molar-refractivity contribution >= 4 is 28.5 Å². The number of carbonyl (C=O) groups excluding carboxylic acids is 2. The van der Waals surface area contributed by atoms with Crippen molar-refractivity contribution in [1.29, 1.82) is 0 Å². The van der Waals surface area contributed by atoms with Gasteiger partial charge in [0.1, 0.15) is 11.6 Å². The van der Waals surface area contributed by atoms with E-state index in [4.69, 9.17) is 15.7 Å². The zero-order valence-electron chi connectivity index (χ0n) is 21.7. The van der Waals surface area contributed by atoms with Gasteiger partial charge in [-0.15, -0.1) is 0 Å². The van der Waals surface area contributed by atoms with Crippen LogP contribution in [0.3, 0.4) is 0 Å². The number of nitrogens with two attached hydrogens (primary N) is 1. The fraction of sp³-hybridized carbons (Fsp3) is 0.367. The second-order valence-electron chi connectivity index (χ2n) is 11.0. The molecular weight excluding hydrogens is 490 g/mol. The molecular formula is C30H31N7O2. The third-order valence-electron chi connectivity index (χ3n) is 8.21. The van der Waals surface area contributed by atoms with Crippen LogP contribution in [0.4, 0.5) is 5.95 Å². The number of piperidine rings is 1. The van der Waals surface area contributed by atoms with Gasteiger partial charge in [0.25, 0.3) is 0 Å². The number of imidazole rings is 1. The Morgan fingerprint density at radius 3 is 2.62 bits per heavy atom. The average Bonchev–Trinajstić information content (AvgIpc) is 3.62. The van der Waals surface area contributed by atoms with Crippen LogP contribution in [-0.4, -0.2) is 55.4 Å². The maximum atomic E-state index is 12.6. The molecule has 3 aliphatic rings. The number of amides is 2. The number of anilines is 1. The molecule has 2 fully saturated rings. The quantitative estimate of drug-likeness (QED) is 0.401. The summed E-state index contributed by atoms with van der Waals surface area (Å²) in [7, 11) is 0. The lowest BCUT2D eigenvalue weighted by atomic mass is 10.1. The van der Waals surface area contributed by atoms with Crippen molar-refractivity contribution in [3.05, 3.63) is 66.1 Å². The lowest BCUT2D eigenvalue weighted by molar-refractivity contribution is -0.133. The van der Waals surface area contributed by atoms with E-state index in [0.717, 1.165) is 65.8 Å². The van der Waals surface area contributed by atoms with Gasteiger partial charge in [0.05, 0.1) is 5.69 Å². The molecule has 2 atom stereocenters. The Morgan fingerprint density at radius 1 is 0.949 bits per heavy atom. The third-order valence-corrected chi connectivity index (χ3v) is 8.21. The minimum atomic E-state index is -0.306. The number of hydrogen-bond donors (Lipinski definition) is 2. The number of nitrogens with one attached hydrogen (secondary N) is 1. The molecule has 2 amide bonds. The Hall–Kier alpha value is -4.27. The van der Waals surface area contributed by atoms with Crippen LogP contribution in [0.15, 0.2) is 54.7 Å². The molecule has 0 bridgehead atoms. The molecule has 198 valence electrons. The van der Waals surface area contributed by atoms with Crippen LogP contribution in [0.25, 0.3) is 28.0 Å². The number of nitrogens with zero attached hydrogens (tertiary/aromatic N) is 5. The van der Waals surface area contributed by atoms with Crippen LogP contribution >= 0.6 is 0 Å². The summed E-state index contributed by atoms with van der Waals surface area (Å²) in [5.41, 5.74) is 8.51. The van der Waals surface area contributed by atoms with Crippen molar-refractivity contribution in [1.82, 2.24) is 24.4 Å². The monoisotopic (exact) mass is 521 g/mol. The first-order valence-corrected chi connectivity index (χ1v) is 13.8. The second-order valence-corrected chi connectivity index (χ2v) is 11.0. The topological polar surface area (TPSA) is 119 Å². The molecule has 9 heteroatoms. The maximum absolute atomic E-state index is 12.6. The van der Waals surface area contributed by atoms with Gasteiger partial charge >= 0.3 is 0 Å². The highest BCUT2D eigenvalue weighted by Crippen LogP contribution is 2.35. The number of aromatic nitrogens is 4. The number of fused-ring (bicyclic) bond motifs is 2. The molecule has 2 aromatic carbocycles. The van der Waals surface area contributed by atoms with Crippen LogP contribution in [0.2, 0.25) is 0 Å². The average molecular weight is 522 g/mol. The van der Waals surface area contributed by atoms with E-state index in [1.165, 1.54) is 0 Å². The molecule has 0 spiro atoms. The lowest BCUT2D eigenvalue weighted by Gasteiger charge is -2.33. The standard InChI is InChI=1S/C30H31N7O2/c31-27(38)22-15-24-25(16-22)37(28(34-24)21-10-7-18-4-1-2-5-20(18)14-21)26-11-12-32-30(35-26)33-23-6-3-13-36(17-23)29(39)19-8-9-19/h1-2,4-5,7,10-12,14,19,22-23H,3,6,8-9,13,15-17H2,(H2,31,38)(H,32,33,35)/t22?,23-/m0/s1. The summed E-state index contributed by atoms with van der Waals surface area (Å²) >= 11 is 0. The Balaban J connectivity index is 1.23. The van der Waals surface area contributed by atoms with Crippen molar-refractivity contribution < 1.29 is 9.59 Å². The highest BCUT2D eigenvalue weighted by atomic mass is 16.2. The SMILES string of the molecule is NC(=O)C1Cc2nc(-c3ccc4ccccc4c3)n(-c3ccnc(N[C@H]4CCCN(C(=O)C5CC5)C4)n3)c2C1. The van der Waals surface area contributed by atoms with Crippen molar-refractivity contribution in [2.24, 2.45) is 17.6 Å². The molecule has 2 aliphatic carbocycles. The fourth-order valence-corrected chi connectivity index (χ4v) is 5.99. The van der Waals surface area contributed by atoms with Crippen LogP contribution in [0.1, 0.15) is 37.1 Å². The van der Waals surface area contributed by atoms with E-state index in [-0.39, 0.29) is 29.7 Å². The van der Waals surface area contributed by atoms with E-state index in [1.807, 2.05) is 23.1 Å². The molecule has 1 saturated carbocycles. The number of likely N-dealkylation sites (tertiary alicyclic amines) is 1. The van der Waals surface area contributed by atoms with Gasteiger partial charge in [-0.25, -0.2) is 9.97 Å². The maximum Gasteiger partial charge on any atom is 0.225 e. The first-order valence-electron chi connectivity index (χ1n) is 13.8. The second kappa shape index (κ2) is 9.48. The van der Waals surface area contributed by atoms with E-state index in [2.05, 4.69) is 45.2 Å². The minimum Gasteiger partial charge on any atom is -0.369 e. The Morgan fingerprint density at radius 2 is 1.79 bits per heavy atom. The van der Waals surface area contributed by atoms with Crippen molar-refractivity contribution in [3.63, 3.8) is 0 Å². The molecule has 3 N–H and O–H groups in total. The molecule has 39 heavy (non-hydrogen) atoms. The summed E-state index contributed by atoms with van der Waals surface area (Å²) in [5.74, 6) is 1.94. The summed E-state index contributed by atoms with van der Waals surface area (Å²) in [6.07, 6.45) is 6.77. The Kier molecular flexibility index (Phi) is 5.79. The minimum absolute atomic E-state index is 0.101. The van der Waals surface area contributed by atoms with Crippen LogP contribution in [0, 0.1) is 11.8 Å². The molecule has 1 saturated heterocycles. The third kappa shape index (κ3) is 4.51. The summed E-state index contributed by atoms with van der Waals surface area (Å²) in [4.78, 5) is 41.1. The molecule has 3 heterocycles. The number of benzene rings is 2. The van der Waals surface area contributed by atoms with Gasteiger partial charge in [-0.05, 0) is 48.6 Å². The number of rotatable bonds is 6.